The molecule has 3 nitrogen and oxygen atoms in total. The van der Waals surface area contributed by atoms with Crippen LogP contribution in [0.2, 0.25) is 0 Å². The molecule has 1 heterocycles. The van der Waals surface area contributed by atoms with Gasteiger partial charge in [0, 0.05) is 0 Å². The molecule has 1 aromatic heterocycles. The van der Waals surface area contributed by atoms with Gasteiger partial charge in [0.15, 0.2) is 0 Å². The summed E-state index contributed by atoms with van der Waals surface area (Å²) in [4.78, 5) is 2.99. The Morgan fingerprint density at radius 3 is 2.44 bits per heavy atom. The van der Waals surface area contributed by atoms with Crippen molar-refractivity contribution in [2.45, 2.75) is 19.0 Å². The fraction of sp³-hybridized carbons (Fsp3) is 0.400. The molecule has 18 heavy (non-hydrogen) atoms. The monoisotopic (exact) mass is 266 g/mol. The predicted molar refractivity (Wildman–Crippen MR) is 50.1 cm³/mol. The van der Waals surface area contributed by atoms with E-state index < -0.39 is 41.7 Å². The molecule has 0 unspecified atom stereocenters. The number of aromatic nitrogens is 1. The predicted octanol–water partition coefficient (Wildman–Crippen LogP) is 3.11. The second-order valence-corrected chi connectivity index (χ2v) is 3.22. The summed E-state index contributed by atoms with van der Waals surface area (Å²) >= 11 is 0. The Balaban J connectivity index is 3.49. The highest BCUT2D eigenvalue weighted by molar-refractivity contribution is 5.40. The molecule has 0 amide bonds. The Labute approximate surface area is 98.8 Å². The minimum atomic E-state index is -4.79. The van der Waals surface area contributed by atoms with Gasteiger partial charge < -0.3 is 4.74 Å². The number of halogens is 5. The first-order valence-electron chi connectivity index (χ1n) is 4.61. The lowest BCUT2D eigenvalue weighted by atomic mass is 10.1. The van der Waals surface area contributed by atoms with Crippen LogP contribution in [0, 0.1) is 11.3 Å². The molecule has 8 heteroatoms. The highest BCUT2D eigenvalue weighted by Crippen LogP contribution is 2.36. The van der Waals surface area contributed by atoms with Crippen molar-refractivity contribution in [2.24, 2.45) is 0 Å². The van der Waals surface area contributed by atoms with E-state index in [1.165, 1.54) is 6.07 Å². The molecule has 0 radical (unpaired) electrons. The van der Waals surface area contributed by atoms with E-state index in [0.29, 0.717) is 6.07 Å². The fourth-order valence-corrected chi connectivity index (χ4v) is 1.35. The summed E-state index contributed by atoms with van der Waals surface area (Å²) in [6, 6.07) is 1.96. The van der Waals surface area contributed by atoms with E-state index >= 15 is 0 Å². The van der Waals surface area contributed by atoms with E-state index in [4.69, 9.17) is 5.26 Å². The summed E-state index contributed by atoms with van der Waals surface area (Å²) in [5.74, 6) is -0.815. The molecule has 0 N–H and O–H groups in total. The van der Waals surface area contributed by atoms with E-state index in [-0.39, 0.29) is 0 Å². The van der Waals surface area contributed by atoms with E-state index in [2.05, 4.69) is 9.72 Å². The van der Waals surface area contributed by atoms with Crippen LogP contribution in [-0.4, -0.2) is 12.1 Å². The zero-order valence-corrected chi connectivity index (χ0v) is 9.05. The molecule has 1 rings (SSSR count). The molecule has 0 fully saturated rings. The first-order valence-corrected chi connectivity index (χ1v) is 4.61. The van der Waals surface area contributed by atoms with Gasteiger partial charge in [-0.15, -0.1) is 0 Å². The van der Waals surface area contributed by atoms with E-state index in [1.54, 1.807) is 0 Å². The van der Waals surface area contributed by atoms with E-state index in [9.17, 15) is 22.0 Å². The number of hydrogen-bond acceptors (Lipinski definition) is 3. The molecule has 0 aliphatic heterocycles. The van der Waals surface area contributed by atoms with Crippen molar-refractivity contribution >= 4 is 0 Å². The highest BCUT2D eigenvalue weighted by atomic mass is 19.4. The molecule has 0 aromatic carbocycles. The Morgan fingerprint density at radius 1 is 1.44 bits per heavy atom. The third-order valence-corrected chi connectivity index (χ3v) is 2.08. The lowest BCUT2D eigenvalue weighted by molar-refractivity contribution is -0.141. The van der Waals surface area contributed by atoms with Crippen molar-refractivity contribution in [3.8, 4) is 11.9 Å². The van der Waals surface area contributed by atoms with E-state index in [0.717, 1.165) is 7.11 Å². The first-order chi connectivity index (χ1) is 8.31. The summed E-state index contributed by atoms with van der Waals surface area (Å²) in [6.45, 7) is 0. The number of methoxy groups -OCH3 is 1. The largest absolute Gasteiger partial charge is 0.481 e. The second-order valence-electron chi connectivity index (χ2n) is 3.22. The number of nitriles is 1. The van der Waals surface area contributed by atoms with Crippen molar-refractivity contribution in [1.29, 1.82) is 5.26 Å². The molecule has 0 bridgehead atoms. The zero-order valence-electron chi connectivity index (χ0n) is 9.05. The van der Waals surface area contributed by atoms with Crippen LogP contribution in [0.3, 0.4) is 0 Å². The minimum absolute atomic E-state index is 0.438. The summed E-state index contributed by atoms with van der Waals surface area (Å²) in [5, 5.41) is 8.45. The van der Waals surface area contributed by atoms with Crippen molar-refractivity contribution in [3.63, 3.8) is 0 Å². The lowest BCUT2D eigenvalue weighted by Crippen LogP contribution is -2.12. The van der Waals surface area contributed by atoms with Crippen LogP contribution in [0.25, 0.3) is 0 Å². The van der Waals surface area contributed by atoms with Gasteiger partial charge in [-0.25, -0.2) is 13.8 Å². The molecule has 0 atom stereocenters. The van der Waals surface area contributed by atoms with Crippen LogP contribution in [0.5, 0.6) is 5.88 Å². The molecule has 0 aliphatic rings. The fourth-order valence-electron chi connectivity index (χ4n) is 1.35. The highest BCUT2D eigenvalue weighted by Gasteiger charge is 2.35. The molecule has 0 spiro atoms. The van der Waals surface area contributed by atoms with Gasteiger partial charge >= 0.3 is 6.18 Å². The van der Waals surface area contributed by atoms with Gasteiger partial charge in [0.1, 0.15) is 5.69 Å². The molecular weight excluding hydrogens is 259 g/mol. The normalized spacial score (nSPS) is 11.4. The maximum Gasteiger partial charge on any atom is 0.433 e. The van der Waals surface area contributed by atoms with Gasteiger partial charge in [-0.1, -0.05) is 0 Å². The quantitative estimate of drug-likeness (QED) is 0.789. The molecule has 0 saturated carbocycles. The number of hydrogen-bond donors (Lipinski definition) is 0. The number of nitrogens with zero attached hydrogens (tertiary/aromatic N) is 2. The summed E-state index contributed by atoms with van der Waals surface area (Å²) in [7, 11) is 0.935. The Hall–Kier alpha value is -1.91. The minimum Gasteiger partial charge on any atom is -0.481 e. The average molecular weight is 266 g/mol. The van der Waals surface area contributed by atoms with Crippen molar-refractivity contribution in [2.75, 3.05) is 7.11 Å². The molecule has 1 aromatic rings. The van der Waals surface area contributed by atoms with Gasteiger partial charge in [0.05, 0.1) is 25.2 Å². The maximum atomic E-state index is 12.7. The standard InChI is InChI=1S/C10H7F5N2O/c1-18-9-7(8(11)12)5(2-3-16)4-6(17-9)10(13,14)15/h4,8H,2H2,1H3. The van der Waals surface area contributed by atoms with Crippen LogP contribution >= 0.6 is 0 Å². The SMILES string of the molecule is COc1nc(C(F)(F)F)cc(CC#N)c1C(F)F. The smallest absolute Gasteiger partial charge is 0.433 e. The maximum absolute atomic E-state index is 12.7. The first kappa shape index (κ1) is 14.2. The number of pyridine rings is 1. The second kappa shape index (κ2) is 5.16. The van der Waals surface area contributed by atoms with E-state index in [1.807, 2.05) is 0 Å². The number of ether oxygens (including phenoxy) is 1. The van der Waals surface area contributed by atoms with Crippen molar-refractivity contribution < 1.29 is 26.7 Å². The summed E-state index contributed by atoms with van der Waals surface area (Å²) in [6.07, 6.45) is -8.45. The average Bonchev–Trinajstić information content (AvgIpc) is 2.26. The van der Waals surface area contributed by atoms with Crippen molar-refractivity contribution in [3.05, 3.63) is 22.9 Å². The number of rotatable bonds is 3. The van der Waals surface area contributed by atoms with Crippen LogP contribution in [0.4, 0.5) is 22.0 Å². The Kier molecular flexibility index (Phi) is 4.06. The van der Waals surface area contributed by atoms with Gasteiger partial charge in [-0.05, 0) is 11.6 Å². The molecule has 0 aliphatic carbocycles. The van der Waals surface area contributed by atoms with Crippen LogP contribution in [-0.2, 0) is 12.6 Å². The van der Waals surface area contributed by atoms with Gasteiger partial charge in [0.2, 0.25) is 5.88 Å². The zero-order chi connectivity index (χ0) is 13.9. The topological polar surface area (TPSA) is 45.9 Å². The molecule has 98 valence electrons. The Morgan fingerprint density at radius 2 is 2.06 bits per heavy atom. The van der Waals surface area contributed by atoms with Crippen LogP contribution in [0.15, 0.2) is 6.07 Å². The third-order valence-electron chi connectivity index (χ3n) is 2.08. The van der Waals surface area contributed by atoms with Crippen LogP contribution < -0.4 is 4.74 Å². The molecule has 0 saturated heterocycles. The number of alkyl halides is 5. The van der Waals surface area contributed by atoms with Crippen LogP contribution in [0.1, 0.15) is 23.2 Å². The summed E-state index contributed by atoms with van der Waals surface area (Å²) < 4.78 is 67.3. The van der Waals surface area contributed by atoms with Gasteiger partial charge in [0.25, 0.3) is 6.43 Å². The third kappa shape index (κ3) is 2.85. The lowest BCUT2D eigenvalue weighted by Gasteiger charge is -2.14. The molecular formula is C10H7F5N2O. The van der Waals surface area contributed by atoms with Crippen molar-refractivity contribution in [1.82, 2.24) is 4.98 Å². The van der Waals surface area contributed by atoms with Gasteiger partial charge in [-0.2, -0.15) is 18.4 Å². The Bertz CT molecular complexity index is 478. The van der Waals surface area contributed by atoms with Gasteiger partial charge in [-0.3, -0.25) is 0 Å². The summed E-state index contributed by atoms with van der Waals surface area (Å²) in [5.41, 5.74) is -2.59.